The van der Waals surface area contributed by atoms with Gasteiger partial charge in [-0.2, -0.15) is 0 Å². The molecule has 2 heterocycles. The molecule has 21 heavy (non-hydrogen) atoms. The fourth-order valence-corrected chi connectivity index (χ4v) is 3.38. The highest BCUT2D eigenvalue weighted by Crippen LogP contribution is 2.30. The molecule has 1 fully saturated rings. The van der Waals surface area contributed by atoms with Gasteiger partial charge in [-0.1, -0.05) is 18.9 Å². The Hall–Kier alpha value is -1.59. The number of imidazole rings is 1. The molecule has 0 bridgehead atoms. The second kappa shape index (κ2) is 6.45. The van der Waals surface area contributed by atoms with Crippen molar-refractivity contribution in [2.75, 3.05) is 25.1 Å². The number of aliphatic hydroxyl groups is 1. The van der Waals surface area contributed by atoms with Gasteiger partial charge in [-0.3, -0.25) is 0 Å². The molecule has 0 aliphatic heterocycles. The van der Waals surface area contributed by atoms with E-state index in [0.717, 1.165) is 18.0 Å². The minimum Gasteiger partial charge on any atom is -0.395 e. The number of nitrogens with zero attached hydrogens (tertiary/aromatic N) is 3. The average Bonchev–Trinajstić information content (AvgIpc) is 3.14. The van der Waals surface area contributed by atoms with Gasteiger partial charge < -0.3 is 19.7 Å². The number of aliphatic hydroxyl groups excluding tert-OH is 1. The fraction of sp³-hybridized carbons (Fsp3) is 0.562. The van der Waals surface area contributed by atoms with Crippen LogP contribution in [0.5, 0.6) is 0 Å². The molecule has 0 radical (unpaired) electrons. The predicted octanol–water partition coefficient (Wildman–Crippen LogP) is 1.79. The number of anilines is 1. The second-order valence-electron chi connectivity index (χ2n) is 5.70. The van der Waals surface area contributed by atoms with Gasteiger partial charge in [-0.05, 0) is 32.0 Å². The third-order valence-corrected chi connectivity index (χ3v) is 4.33. The van der Waals surface area contributed by atoms with Crippen molar-refractivity contribution in [3.8, 4) is 0 Å². The van der Waals surface area contributed by atoms with Crippen molar-refractivity contribution >= 4 is 11.5 Å². The molecule has 0 amide bonds. The van der Waals surface area contributed by atoms with E-state index in [4.69, 9.17) is 4.98 Å². The summed E-state index contributed by atoms with van der Waals surface area (Å²) in [7, 11) is 1.96. The summed E-state index contributed by atoms with van der Waals surface area (Å²) in [5.74, 6) is 1.02. The zero-order chi connectivity index (χ0) is 14.7. The molecule has 2 aromatic rings. The Labute approximate surface area is 125 Å². The number of hydrogen-bond acceptors (Lipinski definition) is 4. The summed E-state index contributed by atoms with van der Waals surface area (Å²) >= 11 is 0. The van der Waals surface area contributed by atoms with E-state index in [-0.39, 0.29) is 6.61 Å². The third-order valence-electron chi connectivity index (χ3n) is 4.33. The zero-order valence-electron chi connectivity index (χ0n) is 12.6. The molecule has 0 atom stereocenters. The van der Waals surface area contributed by atoms with Crippen molar-refractivity contribution < 1.29 is 5.11 Å². The zero-order valence-corrected chi connectivity index (χ0v) is 12.6. The van der Waals surface area contributed by atoms with Crippen LogP contribution in [-0.4, -0.2) is 40.7 Å². The first-order chi connectivity index (χ1) is 10.3. The summed E-state index contributed by atoms with van der Waals surface area (Å²) < 4.78 is 2.14. The van der Waals surface area contributed by atoms with Crippen LogP contribution in [-0.2, 0) is 6.54 Å². The highest BCUT2D eigenvalue weighted by Gasteiger charge is 2.26. The summed E-state index contributed by atoms with van der Waals surface area (Å²) in [6.45, 7) is 1.60. The van der Waals surface area contributed by atoms with Gasteiger partial charge in [0.1, 0.15) is 5.65 Å². The van der Waals surface area contributed by atoms with E-state index in [9.17, 15) is 5.11 Å². The molecule has 3 rings (SSSR count). The van der Waals surface area contributed by atoms with Crippen LogP contribution < -0.4 is 10.2 Å². The van der Waals surface area contributed by atoms with Gasteiger partial charge in [0.2, 0.25) is 0 Å². The standard InChI is InChI=1S/C16H24N4O/c1-17-12-14-16(18-15-8-4-5-9-20(14)15)19(10-11-21)13-6-2-3-7-13/h4-5,8-9,13,17,21H,2-3,6-7,10-12H2,1H3. The Kier molecular flexibility index (Phi) is 4.41. The number of aromatic nitrogens is 2. The van der Waals surface area contributed by atoms with Gasteiger partial charge in [0.15, 0.2) is 5.82 Å². The van der Waals surface area contributed by atoms with Crippen LogP contribution in [0.1, 0.15) is 31.4 Å². The molecule has 0 saturated heterocycles. The molecular weight excluding hydrogens is 264 g/mol. The van der Waals surface area contributed by atoms with E-state index >= 15 is 0 Å². The normalized spacial score (nSPS) is 15.9. The van der Waals surface area contributed by atoms with Crippen LogP contribution in [0, 0.1) is 0 Å². The van der Waals surface area contributed by atoms with Crippen LogP contribution >= 0.6 is 0 Å². The minimum absolute atomic E-state index is 0.170. The lowest BCUT2D eigenvalue weighted by Gasteiger charge is -2.29. The summed E-state index contributed by atoms with van der Waals surface area (Å²) in [5.41, 5.74) is 2.15. The van der Waals surface area contributed by atoms with Crippen LogP contribution in [0.3, 0.4) is 0 Å². The first kappa shape index (κ1) is 14.4. The van der Waals surface area contributed by atoms with Crippen LogP contribution in [0.4, 0.5) is 5.82 Å². The minimum atomic E-state index is 0.170. The van der Waals surface area contributed by atoms with Crippen molar-refractivity contribution in [3.63, 3.8) is 0 Å². The van der Waals surface area contributed by atoms with E-state index in [1.54, 1.807) is 0 Å². The topological polar surface area (TPSA) is 52.8 Å². The lowest BCUT2D eigenvalue weighted by atomic mass is 10.2. The molecule has 1 saturated carbocycles. The Bertz CT molecular complexity index is 589. The second-order valence-corrected chi connectivity index (χ2v) is 5.70. The van der Waals surface area contributed by atoms with Crippen molar-refractivity contribution in [2.24, 2.45) is 0 Å². The van der Waals surface area contributed by atoms with E-state index in [1.807, 2.05) is 25.2 Å². The third kappa shape index (κ3) is 2.76. The molecule has 114 valence electrons. The van der Waals surface area contributed by atoms with E-state index in [2.05, 4.69) is 20.8 Å². The van der Waals surface area contributed by atoms with Crippen LogP contribution in [0.25, 0.3) is 5.65 Å². The molecule has 0 unspecified atom stereocenters. The lowest BCUT2D eigenvalue weighted by molar-refractivity contribution is 0.296. The molecular formula is C16H24N4O. The smallest absolute Gasteiger partial charge is 0.152 e. The van der Waals surface area contributed by atoms with Crippen molar-refractivity contribution in [3.05, 3.63) is 30.1 Å². The lowest BCUT2D eigenvalue weighted by Crippen LogP contribution is -2.37. The number of nitrogens with one attached hydrogen (secondary N) is 1. The quantitative estimate of drug-likeness (QED) is 0.851. The first-order valence-corrected chi connectivity index (χ1v) is 7.83. The van der Waals surface area contributed by atoms with Gasteiger partial charge in [0.05, 0.1) is 12.3 Å². The molecule has 5 nitrogen and oxygen atoms in total. The predicted molar refractivity (Wildman–Crippen MR) is 84.6 cm³/mol. The van der Waals surface area contributed by atoms with Crippen LogP contribution in [0.15, 0.2) is 24.4 Å². The number of rotatable bonds is 6. The van der Waals surface area contributed by atoms with Gasteiger partial charge in [0.25, 0.3) is 0 Å². The van der Waals surface area contributed by atoms with Gasteiger partial charge in [-0.15, -0.1) is 0 Å². The van der Waals surface area contributed by atoms with Crippen molar-refractivity contribution in [1.29, 1.82) is 0 Å². The Morgan fingerprint density at radius 3 is 2.90 bits per heavy atom. The summed E-state index contributed by atoms with van der Waals surface area (Å²) in [4.78, 5) is 7.14. The van der Waals surface area contributed by atoms with Gasteiger partial charge in [-0.25, -0.2) is 4.98 Å². The highest BCUT2D eigenvalue weighted by molar-refractivity contribution is 5.56. The van der Waals surface area contributed by atoms with Gasteiger partial charge >= 0.3 is 0 Å². The van der Waals surface area contributed by atoms with E-state index in [0.29, 0.717) is 12.6 Å². The molecule has 2 N–H and O–H groups in total. The fourth-order valence-electron chi connectivity index (χ4n) is 3.38. The van der Waals surface area contributed by atoms with Crippen molar-refractivity contribution in [1.82, 2.24) is 14.7 Å². The summed E-state index contributed by atoms with van der Waals surface area (Å²) in [5, 5.41) is 12.7. The summed E-state index contributed by atoms with van der Waals surface area (Å²) in [6, 6.07) is 6.59. The number of fused-ring (bicyclic) bond motifs is 1. The molecule has 1 aliphatic rings. The molecule has 0 aromatic carbocycles. The van der Waals surface area contributed by atoms with E-state index < -0.39 is 0 Å². The maximum absolute atomic E-state index is 9.46. The van der Waals surface area contributed by atoms with Crippen molar-refractivity contribution in [2.45, 2.75) is 38.3 Å². The molecule has 0 spiro atoms. The highest BCUT2D eigenvalue weighted by atomic mass is 16.3. The Balaban J connectivity index is 2.04. The average molecular weight is 288 g/mol. The monoisotopic (exact) mass is 288 g/mol. The molecule has 5 heteroatoms. The molecule has 1 aliphatic carbocycles. The Morgan fingerprint density at radius 2 is 2.19 bits per heavy atom. The maximum Gasteiger partial charge on any atom is 0.152 e. The maximum atomic E-state index is 9.46. The first-order valence-electron chi connectivity index (χ1n) is 7.83. The van der Waals surface area contributed by atoms with Gasteiger partial charge in [0, 0.05) is 25.3 Å². The molecule has 2 aromatic heterocycles. The Morgan fingerprint density at radius 1 is 1.38 bits per heavy atom. The summed E-state index contributed by atoms with van der Waals surface area (Å²) in [6.07, 6.45) is 7.02. The van der Waals surface area contributed by atoms with E-state index in [1.165, 1.54) is 31.4 Å². The largest absolute Gasteiger partial charge is 0.395 e. The number of hydrogen-bond donors (Lipinski definition) is 2. The SMILES string of the molecule is CNCc1c(N(CCO)C2CCCC2)nc2ccccn12. The van der Waals surface area contributed by atoms with Crippen LogP contribution in [0.2, 0.25) is 0 Å². The number of pyridine rings is 1.